The van der Waals surface area contributed by atoms with Crippen molar-refractivity contribution in [3.05, 3.63) is 65.0 Å². The van der Waals surface area contributed by atoms with Gasteiger partial charge in [-0.15, -0.1) is 0 Å². The fourth-order valence-electron chi connectivity index (χ4n) is 2.17. The molecule has 1 aromatic heterocycles. The number of fused-ring (bicyclic) bond motifs is 1. The van der Waals surface area contributed by atoms with E-state index in [-0.39, 0.29) is 10.3 Å². The Morgan fingerprint density at radius 1 is 0.905 bits per heavy atom. The van der Waals surface area contributed by atoms with Gasteiger partial charge in [-0.3, -0.25) is 4.79 Å². The molecule has 0 saturated heterocycles. The summed E-state index contributed by atoms with van der Waals surface area (Å²) in [5.74, 6) is -0.529. The molecule has 2 N–H and O–H groups in total. The number of aromatic hydroxyl groups is 1. The molecule has 0 amide bonds. The minimum absolute atomic E-state index is 0.0407. The smallest absolute Gasteiger partial charge is 0.271 e. The van der Waals surface area contributed by atoms with E-state index in [1.54, 1.807) is 42.5 Å². The van der Waals surface area contributed by atoms with Gasteiger partial charge in [0.05, 0.1) is 10.4 Å². The zero-order valence-corrected chi connectivity index (χ0v) is 11.6. The molecule has 106 valence electrons. The molecule has 6 heteroatoms. The van der Waals surface area contributed by atoms with Crippen LogP contribution in [0.2, 0.25) is 0 Å². The molecule has 0 unspecified atom stereocenters. The lowest BCUT2D eigenvalue weighted by molar-refractivity contribution is 0.463. The first-order valence-electron chi connectivity index (χ1n) is 6.16. The van der Waals surface area contributed by atoms with Crippen molar-refractivity contribution in [3.8, 4) is 5.75 Å². The molecule has 1 heterocycles. The largest absolute Gasteiger partial charge is 0.506 e. The van der Waals surface area contributed by atoms with Crippen LogP contribution in [0.15, 0.2) is 69.2 Å². The van der Waals surface area contributed by atoms with E-state index in [9.17, 15) is 18.3 Å². The van der Waals surface area contributed by atoms with Crippen LogP contribution in [-0.4, -0.2) is 18.5 Å². The Bertz CT molecular complexity index is 975. The maximum Gasteiger partial charge on any atom is 0.271 e. The minimum Gasteiger partial charge on any atom is -0.506 e. The van der Waals surface area contributed by atoms with Gasteiger partial charge in [0.15, 0.2) is 4.90 Å². The molecule has 0 aliphatic heterocycles. The van der Waals surface area contributed by atoms with Gasteiger partial charge in [-0.25, -0.2) is 8.42 Å². The normalized spacial score (nSPS) is 11.6. The SMILES string of the molecule is O=c1[nH]c2ccccc2c(O)c1S(=O)(=O)c1ccccc1. The number of aromatic amines is 1. The van der Waals surface area contributed by atoms with E-state index >= 15 is 0 Å². The van der Waals surface area contributed by atoms with Crippen molar-refractivity contribution in [2.75, 3.05) is 0 Å². The van der Waals surface area contributed by atoms with Crippen LogP contribution < -0.4 is 5.56 Å². The van der Waals surface area contributed by atoms with Crippen LogP contribution in [0.25, 0.3) is 10.9 Å². The first-order chi connectivity index (χ1) is 10.0. The molecule has 3 rings (SSSR count). The first kappa shape index (κ1) is 13.4. The predicted octanol–water partition coefficient (Wildman–Crippen LogP) is 2.07. The lowest BCUT2D eigenvalue weighted by Gasteiger charge is -2.08. The number of rotatable bonds is 2. The van der Waals surface area contributed by atoms with Crippen molar-refractivity contribution >= 4 is 20.7 Å². The molecule has 2 aromatic carbocycles. The number of hydrogen-bond acceptors (Lipinski definition) is 4. The number of sulfone groups is 1. The summed E-state index contributed by atoms with van der Waals surface area (Å²) in [5.41, 5.74) is -0.456. The topological polar surface area (TPSA) is 87.2 Å². The number of nitrogens with one attached hydrogen (secondary N) is 1. The molecule has 21 heavy (non-hydrogen) atoms. The monoisotopic (exact) mass is 301 g/mol. The van der Waals surface area contributed by atoms with Crippen molar-refractivity contribution < 1.29 is 13.5 Å². The summed E-state index contributed by atoms with van der Waals surface area (Å²) in [4.78, 5) is 13.9. The van der Waals surface area contributed by atoms with Crippen LogP contribution in [0.1, 0.15) is 0 Å². The van der Waals surface area contributed by atoms with Gasteiger partial charge in [-0.1, -0.05) is 30.3 Å². The van der Waals surface area contributed by atoms with Crippen LogP contribution in [0.5, 0.6) is 5.75 Å². The molecular weight excluding hydrogens is 290 g/mol. The van der Waals surface area contributed by atoms with Crippen LogP contribution in [0.3, 0.4) is 0 Å². The second-order valence-electron chi connectivity index (χ2n) is 4.49. The molecule has 0 fully saturated rings. The Balaban J connectivity index is 2.39. The van der Waals surface area contributed by atoms with Gasteiger partial charge in [0.1, 0.15) is 5.75 Å². The number of benzene rings is 2. The van der Waals surface area contributed by atoms with Crippen LogP contribution >= 0.6 is 0 Å². The van der Waals surface area contributed by atoms with Gasteiger partial charge in [0.25, 0.3) is 5.56 Å². The fourth-order valence-corrected chi connectivity index (χ4v) is 3.59. The third kappa shape index (κ3) is 2.09. The summed E-state index contributed by atoms with van der Waals surface area (Å²) in [6.07, 6.45) is 0. The number of aromatic nitrogens is 1. The second kappa shape index (κ2) is 4.75. The molecule has 0 bridgehead atoms. The molecule has 0 radical (unpaired) electrons. The third-order valence-electron chi connectivity index (χ3n) is 3.17. The molecule has 0 aliphatic rings. The van der Waals surface area contributed by atoms with E-state index < -0.39 is 26.0 Å². The van der Waals surface area contributed by atoms with Crippen molar-refractivity contribution in [2.45, 2.75) is 9.79 Å². The summed E-state index contributed by atoms with van der Waals surface area (Å²) >= 11 is 0. The summed E-state index contributed by atoms with van der Waals surface area (Å²) < 4.78 is 25.1. The Morgan fingerprint density at radius 2 is 1.52 bits per heavy atom. The molecule has 3 aromatic rings. The fraction of sp³-hybridized carbons (Fsp3) is 0. The molecule has 5 nitrogen and oxygen atoms in total. The van der Waals surface area contributed by atoms with Crippen molar-refractivity contribution in [1.82, 2.24) is 4.98 Å². The highest BCUT2D eigenvalue weighted by Crippen LogP contribution is 2.30. The maximum absolute atomic E-state index is 12.5. The lowest BCUT2D eigenvalue weighted by atomic mass is 10.2. The summed E-state index contributed by atoms with van der Waals surface area (Å²) in [5, 5.41) is 10.5. The lowest BCUT2D eigenvalue weighted by Crippen LogP contribution is -2.18. The highest BCUT2D eigenvalue weighted by atomic mass is 32.2. The first-order valence-corrected chi connectivity index (χ1v) is 7.64. The van der Waals surface area contributed by atoms with E-state index in [0.717, 1.165) is 0 Å². The number of pyridine rings is 1. The van der Waals surface area contributed by atoms with Gasteiger partial charge in [-0.2, -0.15) is 0 Å². The molecule has 0 spiro atoms. The molecule has 0 saturated carbocycles. The van der Waals surface area contributed by atoms with Gasteiger partial charge in [0, 0.05) is 5.39 Å². The van der Waals surface area contributed by atoms with E-state index in [0.29, 0.717) is 5.52 Å². The number of para-hydroxylation sites is 1. The summed E-state index contributed by atoms with van der Waals surface area (Å²) in [6.45, 7) is 0. The summed E-state index contributed by atoms with van der Waals surface area (Å²) in [7, 11) is -4.09. The van der Waals surface area contributed by atoms with Crippen LogP contribution in [0.4, 0.5) is 0 Å². The van der Waals surface area contributed by atoms with E-state index in [1.807, 2.05) is 0 Å². The van der Waals surface area contributed by atoms with Gasteiger partial charge in [0.2, 0.25) is 9.84 Å². The maximum atomic E-state index is 12.5. The van der Waals surface area contributed by atoms with Crippen molar-refractivity contribution in [3.63, 3.8) is 0 Å². The standard InChI is InChI=1S/C15H11NO4S/c17-13-11-8-4-5-9-12(11)16-15(18)14(13)21(19,20)10-6-2-1-3-7-10/h1-9H,(H2,16,17,18). The average Bonchev–Trinajstić information content (AvgIpc) is 2.48. The molecule has 0 atom stereocenters. The van der Waals surface area contributed by atoms with Crippen molar-refractivity contribution in [2.24, 2.45) is 0 Å². The third-order valence-corrected chi connectivity index (χ3v) is 4.98. The van der Waals surface area contributed by atoms with Gasteiger partial charge >= 0.3 is 0 Å². The second-order valence-corrected chi connectivity index (χ2v) is 6.38. The number of H-pyrrole nitrogens is 1. The van der Waals surface area contributed by atoms with Crippen LogP contribution in [-0.2, 0) is 9.84 Å². The Hall–Kier alpha value is -2.60. The van der Waals surface area contributed by atoms with Crippen LogP contribution in [0, 0.1) is 0 Å². The van der Waals surface area contributed by atoms with E-state index in [1.165, 1.54) is 12.1 Å². The Morgan fingerprint density at radius 3 is 2.24 bits per heavy atom. The predicted molar refractivity (Wildman–Crippen MR) is 78.1 cm³/mol. The minimum atomic E-state index is -4.09. The van der Waals surface area contributed by atoms with Gasteiger partial charge < -0.3 is 10.1 Å². The van der Waals surface area contributed by atoms with E-state index in [2.05, 4.69) is 4.98 Å². The van der Waals surface area contributed by atoms with E-state index in [4.69, 9.17) is 0 Å². The van der Waals surface area contributed by atoms with Crippen molar-refractivity contribution in [1.29, 1.82) is 0 Å². The quantitative estimate of drug-likeness (QED) is 0.758. The van der Waals surface area contributed by atoms with Gasteiger partial charge in [-0.05, 0) is 24.3 Å². The highest BCUT2D eigenvalue weighted by Gasteiger charge is 2.26. The molecular formula is C15H11NO4S. The Labute approximate surface area is 120 Å². The number of hydrogen-bond donors (Lipinski definition) is 2. The zero-order valence-electron chi connectivity index (χ0n) is 10.8. The molecule has 0 aliphatic carbocycles. The summed E-state index contributed by atoms with van der Waals surface area (Å²) in [6, 6.07) is 14.0. The Kier molecular flexibility index (Phi) is 3.03. The highest BCUT2D eigenvalue weighted by molar-refractivity contribution is 7.91. The zero-order chi connectivity index (χ0) is 15.0. The average molecular weight is 301 g/mol.